The SMILES string of the molecule is O=C(C(=O)C(F)(F)F)C(F)(F)F.O=C(C(=O)C(F)(F)F)C(F)(F)F.O=C(Nc1ccc2cc1CCc1cncc(c1)Nc1ncc(Cl)c(n1)N2)N1CCN(c2ccncc2)CC1. The van der Waals surface area contributed by atoms with Gasteiger partial charge in [0.2, 0.25) is 5.95 Å². The van der Waals surface area contributed by atoms with Crippen molar-refractivity contribution in [1.82, 2.24) is 24.8 Å². The summed E-state index contributed by atoms with van der Waals surface area (Å²) in [6, 6.07) is 11.8. The average molecular weight is 916 g/mol. The van der Waals surface area contributed by atoms with Crippen LogP contribution in [0.3, 0.4) is 0 Å². The highest BCUT2D eigenvalue weighted by atomic mass is 35.5. The summed E-state index contributed by atoms with van der Waals surface area (Å²) in [6.07, 6.45) is -12.9. The highest BCUT2D eigenvalue weighted by Gasteiger charge is 2.55. The minimum absolute atomic E-state index is 0.101. The molecule has 3 N–H and O–H groups in total. The number of nitrogens with zero attached hydrogens (tertiary/aromatic N) is 6. The number of rotatable bonds is 4. The number of urea groups is 1. The molecule has 2 aliphatic rings. The van der Waals surface area contributed by atoms with Crippen molar-refractivity contribution in [2.75, 3.05) is 47.0 Å². The van der Waals surface area contributed by atoms with Gasteiger partial charge in [-0.15, -0.1) is 0 Å². The van der Waals surface area contributed by atoms with E-state index in [0.717, 1.165) is 53.4 Å². The van der Waals surface area contributed by atoms with Gasteiger partial charge in [0, 0.05) is 61.8 Å². The number of amides is 2. The van der Waals surface area contributed by atoms with E-state index < -0.39 is 47.8 Å². The molecule has 0 unspecified atom stereocenters. The smallest absolute Gasteiger partial charge is 0.368 e. The number of aryl methyl sites for hydroxylation is 2. The zero-order valence-electron chi connectivity index (χ0n) is 30.7. The van der Waals surface area contributed by atoms with Crippen LogP contribution >= 0.6 is 11.6 Å². The Kier molecular flexibility index (Phi) is 15.0. The van der Waals surface area contributed by atoms with Crippen LogP contribution in [0.1, 0.15) is 11.1 Å². The fourth-order valence-electron chi connectivity index (χ4n) is 5.18. The Morgan fingerprint density at radius 2 is 1.18 bits per heavy atom. The summed E-state index contributed by atoms with van der Waals surface area (Å²) >= 11 is 6.37. The molecule has 1 fully saturated rings. The van der Waals surface area contributed by atoms with Crippen molar-refractivity contribution in [2.24, 2.45) is 0 Å². The zero-order chi connectivity index (χ0) is 46.2. The third kappa shape index (κ3) is 13.5. The van der Waals surface area contributed by atoms with Gasteiger partial charge in [-0.05, 0) is 60.4 Å². The minimum Gasteiger partial charge on any atom is -0.368 e. The summed E-state index contributed by atoms with van der Waals surface area (Å²) in [5.41, 5.74) is 5.58. The molecule has 0 saturated carbocycles. The number of nitrogens with one attached hydrogen (secondary N) is 3. The second kappa shape index (κ2) is 19.4. The fourth-order valence-corrected chi connectivity index (χ4v) is 5.32. The highest BCUT2D eigenvalue weighted by Crippen LogP contribution is 2.30. The maximum atomic E-state index is 13.2. The first-order valence-electron chi connectivity index (χ1n) is 17.0. The summed E-state index contributed by atoms with van der Waals surface area (Å²) in [5.74, 6) is -12.7. The highest BCUT2D eigenvalue weighted by molar-refractivity contribution is 6.41. The molecule has 0 radical (unpaired) electrons. The van der Waals surface area contributed by atoms with Crippen molar-refractivity contribution < 1.29 is 76.7 Å². The molecule has 4 aromatic rings. The summed E-state index contributed by atoms with van der Waals surface area (Å²) in [7, 11) is 0. The van der Waals surface area contributed by atoms with E-state index in [-0.39, 0.29) is 6.03 Å². The number of hydrogen-bond acceptors (Lipinski definition) is 12. The third-order valence-electron chi connectivity index (χ3n) is 8.12. The Hall–Kier alpha value is -6.60. The van der Waals surface area contributed by atoms with Crippen molar-refractivity contribution in [3.63, 3.8) is 0 Å². The number of hydrogen-bond donors (Lipinski definition) is 3. The molecule has 6 rings (SSSR count). The van der Waals surface area contributed by atoms with E-state index in [1.807, 2.05) is 47.5 Å². The molecule has 6 bridgehead atoms. The van der Waals surface area contributed by atoms with Crippen LogP contribution < -0.4 is 20.9 Å². The first-order valence-corrected chi connectivity index (χ1v) is 17.4. The Balaban J connectivity index is 0.000000290. The van der Waals surface area contributed by atoms with Gasteiger partial charge < -0.3 is 25.8 Å². The predicted molar refractivity (Wildman–Crippen MR) is 193 cm³/mol. The van der Waals surface area contributed by atoms with Crippen molar-refractivity contribution in [2.45, 2.75) is 37.5 Å². The molecule has 2 aliphatic heterocycles. The number of pyridine rings is 2. The Labute approximate surface area is 344 Å². The zero-order valence-corrected chi connectivity index (χ0v) is 31.5. The number of Topliss-reactive ketones (excluding diaryl/α,β-unsaturated/α-hetero) is 4. The van der Waals surface area contributed by atoms with Gasteiger partial charge in [-0.25, -0.2) is 9.78 Å². The Bertz CT molecular complexity index is 2190. The van der Waals surface area contributed by atoms with E-state index in [1.54, 1.807) is 24.8 Å². The lowest BCUT2D eigenvalue weighted by Crippen LogP contribution is -2.50. The predicted octanol–water partition coefficient (Wildman–Crippen LogP) is 7.36. The molecular weight excluding hydrogens is 890 g/mol. The topological polar surface area (TPSA) is 179 Å². The van der Waals surface area contributed by atoms with Gasteiger partial charge in [-0.2, -0.15) is 57.7 Å². The van der Waals surface area contributed by atoms with Crippen molar-refractivity contribution >= 4 is 75.3 Å². The quantitative estimate of drug-likeness (QED) is 0.137. The fraction of sp³-hybridized carbons (Fsp3) is 0.286. The van der Waals surface area contributed by atoms with E-state index in [0.29, 0.717) is 36.3 Å². The monoisotopic (exact) mass is 915 g/mol. The molecule has 3 aromatic heterocycles. The number of ketones is 4. The van der Waals surface area contributed by atoms with E-state index in [1.165, 1.54) is 0 Å². The Morgan fingerprint density at radius 3 is 1.71 bits per heavy atom. The molecule has 5 heterocycles. The van der Waals surface area contributed by atoms with Crippen LogP contribution in [0.4, 0.5) is 92.0 Å². The van der Waals surface area contributed by atoms with Crippen molar-refractivity contribution in [1.29, 1.82) is 0 Å². The van der Waals surface area contributed by atoms with Crippen LogP contribution in [0.15, 0.2) is 67.4 Å². The summed E-state index contributed by atoms with van der Waals surface area (Å²) < 4.78 is 134. The summed E-state index contributed by atoms with van der Waals surface area (Å²) in [5, 5.41) is 10.0. The lowest BCUT2D eigenvalue weighted by atomic mass is 10.0. The molecule has 2 amide bonds. The molecule has 27 heteroatoms. The molecule has 0 spiro atoms. The van der Waals surface area contributed by atoms with E-state index in [4.69, 9.17) is 11.6 Å². The number of alkyl halides is 12. The first kappa shape index (κ1) is 48.1. The van der Waals surface area contributed by atoms with E-state index in [2.05, 4.69) is 40.8 Å². The lowest BCUT2D eigenvalue weighted by Gasteiger charge is -2.36. The third-order valence-corrected chi connectivity index (χ3v) is 8.40. The van der Waals surface area contributed by atoms with Crippen LogP contribution in [0.5, 0.6) is 0 Å². The van der Waals surface area contributed by atoms with Crippen LogP contribution in [0.2, 0.25) is 5.02 Å². The number of carbonyl (C=O) groups excluding carboxylic acids is 5. The molecule has 0 atom stereocenters. The van der Waals surface area contributed by atoms with Gasteiger partial charge in [-0.1, -0.05) is 11.6 Å². The van der Waals surface area contributed by atoms with Crippen LogP contribution in [0, 0.1) is 0 Å². The second-order valence-electron chi connectivity index (χ2n) is 12.5. The van der Waals surface area contributed by atoms with Crippen molar-refractivity contribution in [3.8, 4) is 0 Å². The summed E-state index contributed by atoms with van der Waals surface area (Å²) in [6.45, 7) is 2.82. The number of halogens is 13. The maximum absolute atomic E-state index is 13.2. The van der Waals surface area contributed by atoms with Gasteiger partial charge in [0.1, 0.15) is 5.02 Å². The molecule has 62 heavy (non-hydrogen) atoms. The molecule has 1 aromatic carbocycles. The van der Waals surface area contributed by atoms with Gasteiger partial charge >= 0.3 is 53.9 Å². The lowest BCUT2D eigenvalue weighted by molar-refractivity contribution is -0.193. The number of fused-ring (bicyclic) bond motifs is 6. The van der Waals surface area contributed by atoms with E-state index >= 15 is 0 Å². The van der Waals surface area contributed by atoms with Crippen LogP contribution in [-0.2, 0) is 32.0 Å². The van der Waals surface area contributed by atoms with Crippen LogP contribution in [0.25, 0.3) is 0 Å². The largest absolute Gasteiger partial charge is 0.458 e. The molecule has 0 aliphatic carbocycles. The second-order valence-corrected chi connectivity index (χ2v) is 12.9. The molecular formula is C35H26ClF12N9O5. The molecule has 1 saturated heterocycles. The summed E-state index contributed by atoms with van der Waals surface area (Å²) in [4.78, 5) is 73.1. The van der Waals surface area contributed by atoms with Gasteiger partial charge in [0.05, 0.1) is 18.1 Å². The van der Waals surface area contributed by atoms with Gasteiger partial charge in [0.15, 0.2) is 5.82 Å². The normalized spacial score (nSPS) is 14.0. The number of piperazine rings is 1. The number of carbonyl (C=O) groups is 5. The van der Waals surface area contributed by atoms with Crippen LogP contribution in [-0.4, -0.2) is 105 Å². The average Bonchev–Trinajstić information content (AvgIpc) is 3.20. The van der Waals surface area contributed by atoms with Gasteiger partial charge in [-0.3, -0.25) is 29.1 Å². The Morgan fingerprint density at radius 1 is 0.629 bits per heavy atom. The maximum Gasteiger partial charge on any atom is 0.458 e. The standard InChI is InChI=1S/C27H26ClN9O.2C4F6O2/c28-23-17-31-26-33-21-13-18(15-30-16-21)1-2-19-14-20(32-25(23)35-26)3-4-24(19)34-27(38)37-11-9-36(10-12-37)22-5-7-29-8-6-22;2*5-3(6,7)1(11)2(12)4(8,9)10/h3-8,13-17H,1-2,9-12H2,(H,34,38)(H2,31,32,33,35);;. The number of aromatic nitrogens is 4. The molecule has 332 valence electrons. The van der Waals surface area contributed by atoms with E-state index in [9.17, 15) is 76.7 Å². The molecule has 14 nitrogen and oxygen atoms in total. The first-order chi connectivity index (χ1) is 28.7. The van der Waals surface area contributed by atoms with Crippen molar-refractivity contribution in [3.05, 3.63) is 83.5 Å². The van der Waals surface area contributed by atoms with Gasteiger partial charge in [0.25, 0.3) is 0 Å². The number of benzene rings is 1. The number of anilines is 6. The minimum atomic E-state index is -5.77.